The van der Waals surface area contributed by atoms with Crippen molar-refractivity contribution in [2.24, 2.45) is 5.10 Å². The molecule has 2 aromatic carbocycles. The highest BCUT2D eigenvalue weighted by Gasteiger charge is 2.34. The number of hydrazone groups is 1. The average molecular weight is 439 g/mol. The fourth-order valence-electron chi connectivity index (χ4n) is 3.49. The van der Waals surface area contributed by atoms with Gasteiger partial charge in [-0.3, -0.25) is 9.52 Å². The maximum absolute atomic E-state index is 13.1. The number of aromatic amines is 1. The van der Waals surface area contributed by atoms with Crippen molar-refractivity contribution in [1.29, 1.82) is 0 Å². The van der Waals surface area contributed by atoms with E-state index in [0.29, 0.717) is 17.8 Å². The predicted molar refractivity (Wildman–Crippen MR) is 119 cm³/mol. The van der Waals surface area contributed by atoms with Gasteiger partial charge in [0.25, 0.3) is 5.91 Å². The zero-order chi connectivity index (χ0) is 22.0. The third-order valence-electron chi connectivity index (χ3n) is 4.97. The summed E-state index contributed by atoms with van der Waals surface area (Å²) in [6, 6.07) is 17.7. The Morgan fingerprint density at radius 1 is 1.13 bits per heavy atom. The van der Waals surface area contributed by atoms with E-state index in [2.05, 4.69) is 14.8 Å². The van der Waals surface area contributed by atoms with Crippen LogP contribution in [-0.4, -0.2) is 43.4 Å². The molecule has 8 nitrogen and oxygen atoms in total. The molecule has 1 aliphatic rings. The Hall–Kier alpha value is -3.59. The second kappa shape index (κ2) is 8.27. The lowest BCUT2D eigenvalue weighted by Crippen LogP contribution is -2.27. The minimum Gasteiger partial charge on any atom is -0.497 e. The van der Waals surface area contributed by atoms with Gasteiger partial charge in [0.15, 0.2) is 0 Å². The van der Waals surface area contributed by atoms with Gasteiger partial charge in [0.1, 0.15) is 11.4 Å². The summed E-state index contributed by atoms with van der Waals surface area (Å²) in [6.45, 7) is 0. The Labute approximate surface area is 180 Å². The van der Waals surface area contributed by atoms with Crippen LogP contribution in [0.5, 0.6) is 5.75 Å². The average Bonchev–Trinajstić information content (AvgIpc) is 3.43. The third-order valence-corrected chi connectivity index (χ3v) is 5.58. The number of H-pyrrole nitrogens is 1. The molecule has 4 rings (SSSR count). The summed E-state index contributed by atoms with van der Waals surface area (Å²) >= 11 is 0. The van der Waals surface area contributed by atoms with Crippen molar-refractivity contribution in [3.63, 3.8) is 0 Å². The maximum atomic E-state index is 13.1. The van der Waals surface area contributed by atoms with Crippen LogP contribution in [0.2, 0.25) is 0 Å². The number of aromatic nitrogens is 1. The number of carbonyl (C=O) groups excluding carboxylic acids is 1. The molecule has 0 fully saturated rings. The van der Waals surface area contributed by atoms with Crippen LogP contribution in [-0.2, 0) is 10.0 Å². The lowest BCUT2D eigenvalue weighted by atomic mass is 9.98. The number of sulfonamides is 1. The van der Waals surface area contributed by atoms with E-state index >= 15 is 0 Å². The van der Waals surface area contributed by atoms with Gasteiger partial charge in [0.2, 0.25) is 10.0 Å². The zero-order valence-electron chi connectivity index (χ0n) is 17.1. The second-order valence-corrected chi connectivity index (χ2v) is 8.97. The molecule has 0 bridgehead atoms. The largest absolute Gasteiger partial charge is 0.497 e. The van der Waals surface area contributed by atoms with Crippen LogP contribution in [0.4, 0.5) is 5.69 Å². The number of ether oxygens (including phenoxy) is 1. The highest BCUT2D eigenvalue weighted by Crippen LogP contribution is 2.34. The molecule has 9 heteroatoms. The highest BCUT2D eigenvalue weighted by molar-refractivity contribution is 7.92. The fourth-order valence-corrected chi connectivity index (χ4v) is 4.05. The van der Waals surface area contributed by atoms with E-state index < -0.39 is 10.0 Å². The molecule has 31 heavy (non-hydrogen) atoms. The van der Waals surface area contributed by atoms with E-state index in [4.69, 9.17) is 4.74 Å². The van der Waals surface area contributed by atoms with E-state index in [9.17, 15) is 13.2 Å². The number of methoxy groups -OCH3 is 1. The van der Waals surface area contributed by atoms with E-state index in [1.807, 2.05) is 24.3 Å². The molecular weight excluding hydrogens is 416 g/mol. The van der Waals surface area contributed by atoms with Gasteiger partial charge in [-0.05, 0) is 47.5 Å². The van der Waals surface area contributed by atoms with Crippen LogP contribution in [0.15, 0.2) is 72.0 Å². The minimum absolute atomic E-state index is 0.226. The Bertz CT molecular complexity index is 1200. The topological polar surface area (TPSA) is 104 Å². The number of nitrogens with one attached hydrogen (secondary N) is 2. The first-order chi connectivity index (χ1) is 14.8. The van der Waals surface area contributed by atoms with Gasteiger partial charge in [0.05, 0.1) is 25.1 Å². The van der Waals surface area contributed by atoms with Crippen molar-refractivity contribution in [3.8, 4) is 5.75 Å². The Morgan fingerprint density at radius 3 is 2.42 bits per heavy atom. The van der Waals surface area contributed by atoms with Crippen LogP contribution in [0, 0.1) is 0 Å². The summed E-state index contributed by atoms with van der Waals surface area (Å²) in [4.78, 5) is 16.0. The van der Waals surface area contributed by atoms with Crippen LogP contribution in [0.1, 0.15) is 34.1 Å². The molecule has 3 aromatic rings. The number of amides is 1. The van der Waals surface area contributed by atoms with Gasteiger partial charge in [-0.1, -0.05) is 24.3 Å². The Kier molecular flexibility index (Phi) is 5.51. The first kappa shape index (κ1) is 20.7. The SMILES string of the molecule is COc1ccc(C2CC(c3ccc(NS(C)(=O)=O)cc3)=NN2C(=O)c2ccc[nH]2)cc1. The summed E-state index contributed by atoms with van der Waals surface area (Å²) in [5.74, 6) is 0.510. The highest BCUT2D eigenvalue weighted by atomic mass is 32.2. The number of carbonyl (C=O) groups is 1. The van der Waals surface area contributed by atoms with Gasteiger partial charge in [-0.25, -0.2) is 13.4 Å². The molecule has 1 aromatic heterocycles. The van der Waals surface area contributed by atoms with Gasteiger partial charge < -0.3 is 9.72 Å². The third kappa shape index (κ3) is 4.61. The summed E-state index contributed by atoms with van der Waals surface area (Å²) in [7, 11) is -1.75. The lowest BCUT2D eigenvalue weighted by Gasteiger charge is -2.21. The van der Waals surface area contributed by atoms with Crippen LogP contribution >= 0.6 is 0 Å². The van der Waals surface area contributed by atoms with E-state index in [1.165, 1.54) is 5.01 Å². The molecule has 1 atom stereocenters. The van der Waals surface area contributed by atoms with Gasteiger partial charge in [-0.2, -0.15) is 5.10 Å². The molecule has 0 saturated heterocycles. The fraction of sp³-hybridized carbons (Fsp3) is 0.182. The first-order valence-corrected chi connectivity index (χ1v) is 11.5. The smallest absolute Gasteiger partial charge is 0.290 e. The number of rotatable bonds is 6. The second-order valence-electron chi connectivity index (χ2n) is 7.22. The first-order valence-electron chi connectivity index (χ1n) is 9.60. The summed E-state index contributed by atoms with van der Waals surface area (Å²) in [5, 5.41) is 6.12. The lowest BCUT2D eigenvalue weighted by molar-refractivity contribution is 0.0706. The molecule has 0 spiro atoms. The van der Waals surface area contributed by atoms with Crippen LogP contribution in [0.25, 0.3) is 0 Å². The molecule has 1 amide bonds. The van der Waals surface area contributed by atoms with Gasteiger partial charge >= 0.3 is 0 Å². The quantitative estimate of drug-likeness (QED) is 0.616. The molecule has 2 heterocycles. The summed E-state index contributed by atoms with van der Waals surface area (Å²) in [6.07, 6.45) is 3.33. The summed E-state index contributed by atoms with van der Waals surface area (Å²) < 4.78 is 30.5. The molecule has 0 saturated carbocycles. The Balaban J connectivity index is 1.65. The number of benzene rings is 2. The van der Waals surface area contributed by atoms with Gasteiger partial charge in [0, 0.05) is 18.3 Å². The molecule has 1 aliphatic heterocycles. The van der Waals surface area contributed by atoms with Crippen molar-refractivity contribution in [2.45, 2.75) is 12.5 Å². The summed E-state index contributed by atoms with van der Waals surface area (Å²) in [5.41, 5.74) is 3.42. The van der Waals surface area contributed by atoms with Crippen molar-refractivity contribution in [2.75, 3.05) is 18.1 Å². The van der Waals surface area contributed by atoms with Crippen molar-refractivity contribution in [1.82, 2.24) is 9.99 Å². The molecule has 2 N–H and O–H groups in total. The van der Waals surface area contributed by atoms with Crippen LogP contribution in [0.3, 0.4) is 0 Å². The maximum Gasteiger partial charge on any atom is 0.290 e. The van der Waals surface area contributed by atoms with E-state index in [1.54, 1.807) is 49.7 Å². The van der Waals surface area contributed by atoms with Crippen LogP contribution < -0.4 is 9.46 Å². The molecule has 0 radical (unpaired) electrons. The molecule has 1 unspecified atom stereocenters. The van der Waals surface area contributed by atoms with Gasteiger partial charge in [-0.15, -0.1) is 0 Å². The van der Waals surface area contributed by atoms with Crippen molar-refractivity contribution < 1.29 is 17.9 Å². The number of nitrogens with zero attached hydrogens (tertiary/aromatic N) is 2. The monoisotopic (exact) mass is 438 g/mol. The molecule has 160 valence electrons. The Morgan fingerprint density at radius 2 is 1.84 bits per heavy atom. The van der Waals surface area contributed by atoms with E-state index in [-0.39, 0.29) is 11.9 Å². The normalized spacial score (nSPS) is 16.1. The standard InChI is InChI=1S/C22H22N4O4S/c1-30-18-11-7-16(8-12-18)21-14-20(24-26(21)22(27)19-4-3-13-23-19)15-5-9-17(10-6-15)25-31(2,28)29/h3-13,21,23,25H,14H2,1-2H3. The van der Waals surface area contributed by atoms with Crippen molar-refractivity contribution in [3.05, 3.63) is 83.7 Å². The molecule has 0 aliphatic carbocycles. The number of anilines is 1. The minimum atomic E-state index is -3.35. The van der Waals surface area contributed by atoms with E-state index in [0.717, 1.165) is 28.8 Å². The number of hydrogen-bond donors (Lipinski definition) is 2. The predicted octanol–water partition coefficient (Wildman–Crippen LogP) is 3.39. The van der Waals surface area contributed by atoms with Crippen molar-refractivity contribution >= 4 is 27.3 Å². The zero-order valence-corrected chi connectivity index (χ0v) is 17.9. The molecular formula is C22H22N4O4S. The number of hydrogen-bond acceptors (Lipinski definition) is 5.